The van der Waals surface area contributed by atoms with Crippen molar-refractivity contribution in [3.05, 3.63) is 0 Å². The monoisotopic (exact) mass is 300 g/mol. The molecule has 1 atom stereocenters. The number of carbonyl (C=O) groups is 2. The highest BCUT2D eigenvalue weighted by Gasteiger charge is 2.04. The third-order valence-electron chi connectivity index (χ3n) is 3.93. The van der Waals surface area contributed by atoms with E-state index in [4.69, 9.17) is 10.2 Å². The van der Waals surface area contributed by atoms with Crippen molar-refractivity contribution in [3.63, 3.8) is 0 Å². The molecule has 4 nitrogen and oxygen atoms in total. The zero-order chi connectivity index (χ0) is 15.9. The maximum atomic E-state index is 10.4. The minimum Gasteiger partial charge on any atom is -0.481 e. The van der Waals surface area contributed by atoms with Crippen LogP contribution in [0, 0.1) is 5.92 Å². The summed E-state index contributed by atoms with van der Waals surface area (Å²) in [6.07, 6.45) is 12.9. The molecule has 1 unspecified atom stereocenters. The maximum absolute atomic E-state index is 10.4. The summed E-state index contributed by atoms with van der Waals surface area (Å²) in [6, 6.07) is 0. The number of carboxylic acids is 2. The van der Waals surface area contributed by atoms with Gasteiger partial charge in [-0.05, 0) is 18.8 Å². The lowest BCUT2D eigenvalue weighted by molar-refractivity contribution is -0.138. The highest BCUT2D eigenvalue weighted by molar-refractivity contribution is 5.66. The van der Waals surface area contributed by atoms with Crippen LogP contribution < -0.4 is 0 Å². The van der Waals surface area contributed by atoms with Crippen molar-refractivity contribution in [1.82, 2.24) is 0 Å². The molecular formula is C17H32O4. The minimum absolute atomic E-state index is 0.298. The van der Waals surface area contributed by atoms with E-state index in [0.29, 0.717) is 18.8 Å². The SMILES string of the molecule is CC(CCCCCCCCCCC(=O)O)CCCC(=O)O. The molecule has 0 aromatic carbocycles. The molecule has 124 valence electrons. The molecule has 2 N–H and O–H groups in total. The lowest BCUT2D eigenvalue weighted by atomic mass is 9.96. The molecule has 0 radical (unpaired) electrons. The topological polar surface area (TPSA) is 74.6 Å². The molecule has 0 aliphatic heterocycles. The van der Waals surface area contributed by atoms with E-state index in [-0.39, 0.29) is 0 Å². The van der Waals surface area contributed by atoms with Crippen molar-refractivity contribution in [2.75, 3.05) is 0 Å². The number of rotatable bonds is 15. The number of carboxylic acid groups (broad SMARTS) is 2. The third kappa shape index (κ3) is 16.9. The summed E-state index contributed by atoms with van der Waals surface area (Å²) in [5.41, 5.74) is 0. The van der Waals surface area contributed by atoms with Crippen LogP contribution >= 0.6 is 0 Å². The molecule has 0 saturated heterocycles. The Hall–Kier alpha value is -1.06. The van der Waals surface area contributed by atoms with E-state index in [1.165, 1.54) is 38.5 Å². The number of hydrogen-bond acceptors (Lipinski definition) is 2. The van der Waals surface area contributed by atoms with Crippen molar-refractivity contribution in [1.29, 1.82) is 0 Å². The molecule has 21 heavy (non-hydrogen) atoms. The highest BCUT2D eigenvalue weighted by atomic mass is 16.4. The molecule has 0 bridgehead atoms. The minimum atomic E-state index is -0.689. The Labute approximate surface area is 128 Å². The zero-order valence-electron chi connectivity index (χ0n) is 13.5. The lowest BCUT2D eigenvalue weighted by Crippen LogP contribution is -1.99. The van der Waals surface area contributed by atoms with Gasteiger partial charge in [-0.2, -0.15) is 0 Å². The highest BCUT2D eigenvalue weighted by Crippen LogP contribution is 2.17. The first-order valence-corrected chi connectivity index (χ1v) is 8.46. The standard InChI is InChI=1S/C17H32O4/c1-15(12-10-14-17(20)21)11-8-6-4-2-3-5-7-9-13-16(18)19/h15H,2-14H2,1H3,(H,18,19)(H,20,21). The van der Waals surface area contributed by atoms with Crippen LogP contribution in [0.4, 0.5) is 0 Å². The van der Waals surface area contributed by atoms with Gasteiger partial charge >= 0.3 is 11.9 Å². The predicted molar refractivity (Wildman–Crippen MR) is 84.5 cm³/mol. The van der Waals surface area contributed by atoms with Crippen molar-refractivity contribution in [2.24, 2.45) is 5.92 Å². The Morgan fingerprint density at radius 1 is 0.667 bits per heavy atom. The summed E-state index contributed by atoms with van der Waals surface area (Å²) in [4.78, 5) is 20.7. The maximum Gasteiger partial charge on any atom is 0.303 e. The molecule has 0 fully saturated rings. The first kappa shape index (κ1) is 19.9. The van der Waals surface area contributed by atoms with Crippen molar-refractivity contribution >= 4 is 11.9 Å². The smallest absolute Gasteiger partial charge is 0.303 e. The molecule has 0 spiro atoms. The van der Waals surface area contributed by atoms with Crippen molar-refractivity contribution in [2.45, 2.75) is 90.4 Å². The molecule has 0 heterocycles. The number of aliphatic carboxylic acids is 2. The van der Waals surface area contributed by atoms with Gasteiger partial charge in [0.05, 0.1) is 0 Å². The zero-order valence-corrected chi connectivity index (χ0v) is 13.5. The summed E-state index contributed by atoms with van der Waals surface area (Å²) in [5.74, 6) is -0.738. The molecule has 0 amide bonds. The van der Waals surface area contributed by atoms with Crippen LogP contribution in [0.15, 0.2) is 0 Å². The quantitative estimate of drug-likeness (QED) is 0.423. The largest absolute Gasteiger partial charge is 0.481 e. The van der Waals surface area contributed by atoms with Crippen LogP contribution in [0.25, 0.3) is 0 Å². The van der Waals surface area contributed by atoms with Gasteiger partial charge in [0, 0.05) is 12.8 Å². The Bertz CT molecular complexity index is 276. The molecule has 0 aliphatic carbocycles. The van der Waals surface area contributed by atoms with Crippen LogP contribution in [0.1, 0.15) is 90.4 Å². The van der Waals surface area contributed by atoms with Crippen molar-refractivity contribution < 1.29 is 19.8 Å². The molecule has 0 aromatic rings. The van der Waals surface area contributed by atoms with Gasteiger partial charge in [-0.1, -0.05) is 64.7 Å². The van der Waals surface area contributed by atoms with E-state index in [0.717, 1.165) is 32.1 Å². The van der Waals surface area contributed by atoms with Gasteiger partial charge in [0.25, 0.3) is 0 Å². The molecule has 0 saturated carbocycles. The van der Waals surface area contributed by atoms with Gasteiger partial charge in [0.1, 0.15) is 0 Å². The summed E-state index contributed by atoms with van der Waals surface area (Å²) in [5, 5.41) is 17.1. The Morgan fingerprint density at radius 3 is 1.57 bits per heavy atom. The fourth-order valence-electron chi connectivity index (χ4n) is 2.58. The van der Waals surface area contributed by atoms with E-state index in [2.05, 4.69) is 6.92 Å². The van der Waals surface area contributed by atoms with Crippen molar-refractivity contribution in [3.8, 4) is 0 Å². The average molecular weight is 300 g/mol. The number of hydrogen-bond donors (Lipinski definition) is 2. The van der Waals surface area contributed by atoms with Gasteiger partial charge < -0.3 is 10.2 Å². The van der Waals surface area contributed by atoms with Gasteiger partial charge in [-0.3, -0.25) is 9.59 Å². The third-order valence-corrected chi connectivity index (χ3v) is 3.93. The first-order valence-electron chi connectivity index (χ1n) is 8.46. The van der Waals surface area contributed by atoms with E-state index in [1.54, 1.807) is 0 Å². The number of unbranched alkanes of at least 4 members (excludes halogenated alkanes) is 7. The molecule has 0 aromatic heterocycles. The van der Waals surface area contributed by atoms with E-state index < -0.39 is 11.9 Å². The molecule has 0 rings (SSSR count). The summed E-state index contributed by atoms with van der Waals surface area (Å²) >= 11 is 0. The van der Waals surface area contributed by atoms with Crippen LogP contribution in [0.3, 0.4) is 0 Å². The van der Waals surface area contributed by atoms with Gasteiger partial charge in [0.2, 0.25) is 0 Å². The van der Waals surface area contributed by atoms with Gasteiger partial charge in [0.15, 0.2) is 0 Å². The van der Waals surface area contributed by atoms with E-state index in [1.807, 2.05) is 0 Å². The van der Waals surface area contributed by atoms with Gasteiger partial charge in [-0.25, -0.2) is 0 Å². The average Bonchev–Trinajstić information content (AvgIpc) is 2.40. The lowest BCUT2D eigenvalue weighted by Gasteiger charge is -2.10. The van der Waals surface area contributed by atoms with Gasteiger partial charge in [-0.15, -0.1) is 0 Å². The summed E-state index contributed by atoms with van der Waals surface area (Å²) < 4.78 is 0. The second kappa shape index (κ2) is 13.9. The van der Waals surface area contributed by atoms with Crippen LogP contribution in [-0.2, 0) is 9.59 Å². The summed E-state index contributed by atoms with van der Waals surface area (Å²) in [6.45, 7) is 2.21. The second-order valence-electron chi connectivity index (χ2n) is 6.15. The van der Waals surface area contributed by atoms with E-state index >= 15 is 0 Å². The fraction of sp³-hybridized carbons (Fsp3) is 0.882. The fourth-order valence-corrected chi connectivity index (χ4v) is 2.58. The Morgan fingerprint density at radius 2 is 1.05 bits per heavy atom. The Kier molecular flexibility index (Phi) is 13.2. The molecule has 4 heteroatoms. The molecular weight excluding hydrogens is 268 g/mol. The van der Waals surface area contributed by atoms with E-state index in [9.17, 15) is 9.59 Å². The summed E-state index contributed by atoms with van der Waals surface area (Å²) in [7, 11) is 0. The second-order valence-corrected chi connectivity index (χ2v) is 6.15. The predicted octanol–water partition coefficient (Wildman–Crippen LogP) is 4.86. The Balaban J connectivity index is 3.17. The normalized spacial score (nSPS) is 12.2. The first-order chi connectivity index (χ1) is 10.0. The molecule has 0 aliphatic rings. The van der Waals surface area contributed by atoms with Crippen LogP contribution in [0.5, 0.6) is 0 Å². The van der Waals surface area contributed by atoms with Crippen LogP contribution in [0.2, 0.25) is 0 Å². The van der Waals surface area contributed by atoms with Crippen LogP contribution in [-0.4, -0.2) is 22.2 Å².